The number of ether oxygens (including phenoxy) is 2. The van der Waals surface area contributed by atoms with Crippen LogP contribution in [0.5, 0.6) is 0 Å². The summed E-state index contributed by atoms with van der Waals surface area (Å²) >= 11 is 0. The minimum atomic E-state index is -0.499. The fourth-order valence-corrected chi connectivity index (χ4v) is 7.29. The summed E-state index contributed by atoms with van der Waals surface area (Å²) in [4.78, 5) is 75.0. The third-order valence-electron chi connectivity index (χ3n) is 10.7. The van der Waals surface area contributed by atoms with E-state index in [-0.39, 0.29) is 18.2 Å². The lowest BCUT2D eigenvalue weighted by molar-refractivity contribution is 0.0230. The van der Waals surface area contributed by atoms with Crippen LogP contribution in [0.3, 0.4) is 0 Å². The monoisotopic (exact) mass is 936 g/mol. The highest BCUT2D eigenvalue weighted by atomic mass is 16.6. The number of nitrogens with one attached hydrogen (secondary N) is 3. The van der Waals surface area contributed by atoms with Crippen LogP contribution in [0.4, 0.5) is 60.7 Å². The molecule has 2 saturated heterocycles. The number of pyridine rings is 2. The zero-order valence-corrected chi connectivity index (χ0v) is 39.5. The predicted octanol–water partition coefficient (Wildman–Crippen LogP) is 7.51. The molecule has 21 heteroatoms. The molecule has 2 aliphatic heterocycles. The lowest BCUT2D eigenvalue weighted by Crippen LogP contribution is -2.50. The molecule has 7 heterocycles. The average Bonchev–Trinajstić information content (AvgIpc) is 3.87. The van der Waals surface area contributed by atoms with E-state index >= 15 is 0 Å². The van der Waals surface area contributed by atoms with Crippen molar-refractivity contribution in [3.05, 3.63) is 104 Å². The highest BCUT2D eigenvalue weighted by Gasteiger charge is 2.27. The lowest BCUT2D eigenvalue weighted by Gasteiger charge is -2.36. The summed E-state index contributed by atoms with van der Waals surface area (Å²) in [5, 5.41) is 10.7. The highest BCUT2D eigenvalue weighted by Crippen LogP contribution is 2.25. The van der Waals surface area contributed by atoms with Gasteiger partial charge in [0.2, 0.25) is 11.9 Å². The smallest absolute Gasteiger partial charge is 0.410 e. The van der Waals surface area contributed by atoms with Gasteiger partial charge in [-0.2, -0.15) is 9.97 Å². The third-order valence-corrected chi connectivity index (χ3v) is 10.7. The second-order valence-corrected chi connectivity index (χ2v) is 18.3. The van der Waals surface area contributed by atoms with E-state index < -0.39 is 11.2 Å². The van der Waals surface area contributed by atoms with Gasteiger partial charge >= 0.3 is 18.2 Å². The van der Waals surface area contributed by atoms with Crippen LogP contribution in [-0.4, -0.2) is 131 Å². The minimum Gasteiger partial charge on any atom is -0.444 e. The molecule has 3 amide bonds. The molecule has 5 N–H and O–H groups in total. The molecule has 5 aromatic heterocycles. The summed E-state index contributed by atoms with van der Waals surface area (Å²) in [6.45, 7) is 16.7. The number of aromatic nitrogens is 8. The molecule has 0 atom stereocenters. The Kier molecular flexibility index (Phi) is 13.8. The van der Waals surface area contributed by atoms with E-state index in [0.29, 0.717) is 61.0 Å². The van der Waals surface area contributed by atoms with Crippen molar-refractivity contribution in [3.8, 4) is 0 Å². The SMILES string of the molecule is CC(C)(C)OC(=O)N1CCN(c2ccc(Nc3ncc4ccc(N)nc4n3)cc2)CC1.CC(C)(C)OC(=O)N1CCN(c2ccc(Nc3ncc4ccc(NC(=O)n5ccnc5)nc4n3)cc2)CC1. The predicted molar refractivity (Wildman–Crippen MR) is 265 cm³/mol. The van der Waals surface area contributed by atoms with Gasteiger partial charge in [0.1, 0.15) is 29.2 Å². The summed E-state index contributed by atoms with van der Waals surface area (Å²) in [5.41, 5.74) is 9.63. The standard InChI is InChI=1S/C26H29N9O3.C22H27N7O2/c1-26(2,3)38-25(37)34-14-12-33(13-15-34)20-7-5-19(6-8-20)29-23-28-16-18-4-9-21(30-22(18)32-23)31-24(36)35-11-10-27-17-35;1-22(2,3)31-21(30)29-12-10-28(11-13-29)17-7-5-16(6-8-17)25-20-24-14-15-4-9-18(23)26-19(15)27-20/h4-11,16-17H,12-15H2,1-3H3,(H2,28,29,30,31,32,36);4-9,14H,10-13H2,1-3H3,(H3,23,24,25,26,27). The van der Waals surface area contributed by atoms with Gasteiger partial charge < -0.3 is 45.4 Å². The van der Waals surface area contributed by atoms with Crippen molar-refractivity contribution in [1.29, 1.82) is 0 Å². The number of carbonyl (C=O) groups is 3. The van der Waals surface area contributed by atoms with E-state index in [9.17, 15) is 14.4 Å². The summed E-state index contributed by atoms with van der Waals surface area (Å²) < 4.78 is 12.3. The number of nitrogen functional groups attached to an aromatic ring is 1. The van der Waals surface area contributed by atoms with Crippen LogP contribution in [0.1, 0.15) is 41.5 Å². The van der Waals surface area contributed by atoms with Crippen molar-refractivity contribution >= 4 is 86.6 Å². The highest BCUT2D eigenvalue weighted by molar-refractivity contribution is 5.91. The molecular formula is C48H56N16O5. The maximum absolute atomic E-state index is 12.3. The van der Waals surface area contributed by atoms with Gasteiger partial charge in [-0.05, 0) is 114 Å². The van der Waals surface area contributed by atoms with Crippen molar-refractivity contribution in [2.45, 2.75) is 52.7 Å². The van der Waals surface area contributed by atoms with Crippen LogP contribution in [0.15, 0.2) is 104 Å². The Morgan fingerprint density at radius 3 is 1.49 bits per heavy atom. The van der Waals surface area contributed by atoms with Crippen LogP contribution in [-0.2, 0) is 9.47 Å². The van der Waals surface area contributed by atoms with Crippen LogP contribution >= 0.6 is 0 Å². The molecule has 0 unspecified atom stereocenters. The maximum atomic E-state index is 12.3. The van der Waals surface area contributed by atoms with Gasteiger partial charge in [0.15, 0.2) is 11.3 Å². The zero-order valence-electron chi connectivity index (χ0n) is 39.5. The Labute approximate surface area is 399 Å². The molecule has 2 aromatic carbocycles. The number of nitrogens with zero attached hydrogens (tertiary/aromatic N) is 12. The number of carbonyl (C=O) groups excluding carboxylic acids is 3. The number of hydrogen-bond donors (Lipinski definition) is 4. The Morgan fingerprint density at radius 2 is 1.04 bits per heavy atom. The number of anilines is 8. The molecular weight excluding hydrogens is 881 g/mol. The molecule has 2 aliphatic rings. The molecule has 0 saturated carbocycles. The quantitative estimate of drug-likeness (QED) is 0.121. The molecule has 0 bridgehead atoms. The first-order valence-corrected chi connectivity index (χ1v) is 22.5. The Bertz CT molecular complexity index is 2890. The molecule has 0 aliphatic carbocycles. The summed E-state index contributed by atoms with van der Waals surface area (Å²) in [7, 11) is 0. The second-order valence-electron chi connectivity index (χ2n) is 18.3. The molecule has 2 fully saturated rings. The molecule has 21 nitrogen and oxygen atoms in total. The van der Waals surface area contributed by atoms with Gasteiger partial charge in [-0.15, -0.1) is 0 Å². The van der Waals surface area contributed by atoms with Crippen LogP contribution in [0, 0.1) is 0 Å². The molecule has 0 radical (unpaired) electrons. The van der Waals surface area contributed by atoms with Gasteiger partial charge in [-0.1, -0.05) is 0 Å². The fraction of sp³-hybridized carbons (Fsp3) is 0.333. The number of amides is 3. The van der Waals surface area contributed by atoms with Crippen molar-refractivity contribution in [2.24, 2.45) is 0 Å². The largest absolute Gasteiger partial charge is 0.444 e. The molecule has 69 heavy (non-hydrogen) atoms. The van der Waals surface area contributed by atoms with E-state index in [1.54, 1.807) is 46.6 Å². The number of fused-ring (bicyclic) bond motifs is 2. The Morgan fingerprint density at radius 1 is 0.580 bits per heavy atom. The maximum Gasteiger partial charge on any atom is 0.410 e. The molecule has 358 valence electrons. The van der Waals surface area contributed by atoms with Crippen LogP contribution in [0.2, 0.25) is 0 Å². The zero-order chi connectivity index (χ0) is 48.7. The van der Waals surface area contributed by atoms with E-state index in [4.69, 9.17) is 15.2 Å². The summed E-state index contributed by atoms with van der Waals surface area (Å²) in [5.74, 6) is 1.65. The van der Waals surface area contributed by atoms with Crippen molar-refractivity contribution in [1.82, 2.24) is 49.3 Å². The first kappa shape index (κ1) is 47.1. The Balaban J connectivity index is 0.000000190. The first-order chi connectivity index (χ1) is 33.0. The van der Waals surface area contributed by atoms with Gasteiger partial charge in [-0.25, -0.2) is 39.3 Å². The number of rotatable bonds is 7. The topological polar surface area (TPSA) is 240 Å². The van der Waals surface area contributed by atoms with E-state index in [2.05, 4.69) is 60.6 Å². The lowest BCUT2D eigenvalue weighted by atomic mass is 10.2. The second kappa shape index (κ2) is 20.2. The van der Waals surface area contributed by atoms with E-state index in [1.165, 1.54) is 17.1 Å². The summed E-state index contributed by atoms with van der Waals surface area (Å²) in [6.07, 6.45) is 7.36. The normalized spacial score (nSPS) is 14.2. The molecule has 0 spiro atoms. The van der Waals surface area contributed by atoms with E-state index in [0.717, 1.165) is 59.7 Å². The number of hydrogen-bond acceptors (Lipinski definition) is 17. The Hall–Kier alpha value is -8.36. The van der Waals surface area contributed by atoms with Crippen molar-refractivity contribution in [3.63, 3.8) is 0 Å². The van der Waals surface area contributed by atoms with Crippen molar-refractivity contribution in [2.75, 3.05) is 83.8 Å². The van der Waals surface area contributed by atoms with Gasteiger partial charge in [0, 0.05) is 111 Å². The number of piperazine rings is 2. The summed E-state index contributed by atoms with van der Waals surface area (Å²) in [6, 6.07) is 22.7. The van der Waals surface area contributed by atoms with Gasteiger partial charge in [-0.3, -0.25) is 9.88 Å². The molecule has 9 rings (SSSR count). The number of benzene rings is 2. The van der Waals surface area contributed by atoms with Crippen molar-refractivity contribution < 1.29 is 23.9 Å². The van der Waals surface area contributed by atoms with Gasteiger partial charge in [0.25, 0.3) is 0 Å². The van der Waals surface area contributed by atoms with E-state index in [1.807, 2.05) is 96.1 Å². The van der Waals surface area contributed by atoms with Gasteiger partial charge in [0.05, 0.1) is 0 Å². The fourth-order valence-electron chi connectivity index (χ4n) is 7.29. The van der Waals surface area contributed by atoms with Crippen LogP contribution in [0.25, 0.3) is 22.1 Å². The average molecular weight is 937 g/mol. The number of imidazole rings is 1. The third kappa shape index (κ3) is 12.8. The number of nitrogens with two attached hydrogens (primary N) is 1. The molecule has 7 aromatic rings. The minimum absolute atomic E-state index is 0.252. The van der Waals surface area contributed by atoms with Crippen LogP contribution < -0.4 is 31.5 Å². The first-order valence-electron chi connectivity index (χ1n) is 22.5.